The van der Waals surface area contributed by atoms with Gasteiger partial charge in [-0.25, -0.2) is 4.79 Å². The molecule has 4 nitrogen and oxygen atoms in total. The van der Waals surface area contributed by atoms with Gasteiger partial charge in [-0.2, -0.15) is 0 Å². The molecule has 186 valence electrons. The van der Waals surface area contributed by atoms with Gasteiger partial charge in [0.05, 0.1) is 17.9 Å². The van der Waals surface area contributed by atoms with E-state index in [0.717, 1.165) is 18.6 Å². The standard InChI is InChI=1S/C30H42O4/c1-4-6-8-10-11-12-14-24-32-27-20-22-29(23-21-27)34-30(31)26-16-18-28(19-17-26)33-25(3)15-13-9-7-5-2/h14,16-25H,4-13,15H2,1-3H3. The number of allylic oxidation sites excluding steroid dienone is 1. The first-order valence-corrected chi connectivity index (χ1v) is 13.0. The molecule has 0 heterocycles. The Balaban J connectivity index is 1.72. The summed E-state index contributed by atoms with van der Waals surface area (Å²) < 4.78 is 17.1. The van der Waals surface area contributed by atoms with Crippen molar-refractivity contribution in [2.75, 3.05) is 0 Å². The predicted molar refractivity (Wildman–Crippen MR) is 140 cm³/mol. The highest BCUT2D eigenvalue weighted by Gasteiger charge is 2.10. The monoisotopic (exact) mass is 466 g/mol. The van der Waals surface area contributed by atoms with Crippen LogP contribution >= 0.6 is 0 Å². The minimum absolute atomic E-state index is 0.163. The number of hydrogen-bond acceptors (Lipinski definition) is 4. The van der Waals surface area contributed by atoms with Crippen molar-refractivity contribution in [3.8, 4) is 17.2 Å². The molecule has 0 radical (unpaired) electrons. The molecule has 0 aliphatic carbocycles. The van der Waals surface area contributed by atoms with Gasteiger partial charge in [-0.05, 0) is 87.2 Å². The molecule has 2 rings (SSSR count). The molecule has 2 aromatic carbocycles. The predicted octanol–water partition coefficient (Wildman–Crippen LogP) is 8.90. The van der Waals surface area contributed by atoms with Gasteiger partial charge in [-0.1, -0.05) is 58.8 Å². The fraction of sp³-hybridized carbons (Fsp3) is 0.500. The van der Waals surface area contributed by atoms with Gasteiger partial charge < -0.3 is 14.2 Å². The van der Waals surface area contributed by atoms with Gasteiger partial charge in [0, 0.05) is 0 Å². The van der Waals surface area contributed by atoms with Crippen LogP contribution in [0, 0.1) is 0 Å². The van der Waals surface area contributed by atoms with Gasteiger partial charge in [-0.15, -0.1) is 0 Å². The summed E-state index contributed by atoms with van der Waals surface area (Å²) in [6.45, 7) is 6.53. The highest BCUT2D eigenvalue weighted by Crippen LogP contribution is 2.21. The summed E-state index contributed by atoms with van der Waals surface area (Å²) in [5, 5.41) is 0. The molecule has 34 heavy (non-hydrogen) atoms. The Bertz CT molecular complexity index is 824. The van der Waals surface area contributed by atoms with Crippen molar-refractivity contribution in [2.24, 2.45) is 0 Å². The first-order valence-electron chi connectivity index (χ1n) is 13.0. The Labute approximate surface area is 206 Å². The third-order valence-electron chi connectivity index (χ3n) is 5.70. The van der Waals surface area contributed by atoms with E-state index in [-0.39, 0.29) is 6.10 Å². The first kappa shape index (κ1) is 27.5. The first-order chi connectivity index (χ1) is 16.6. The summed E-state index contributed by atoms with van der Waals surface area (Å²) in [5.74, 6) is 1.58. The van der Waals surface area contributed by atoms with Crippen molar-refractivity contribution in [2.45, 2.75) is 97.5 Å². The largest absolute Gasteiger partial charge is 0.491 e. The number of benzene rings is 2. The Kier molecular flexibility index (Phi) is 13.6. The summed E-state index contributed by atoms with van der Waals surface area (Å²) in [7, 11) is 0. The molecule has 0 aliphatic rings. The Morgan fingerprint density at radius 1 is 0.765 bits per heavy atom. The Morgan fingerprint density at radius 2 is 1.35 bits per heavy atom. The van der Waals surface area contributed by atoms with Crippen molar-refractivity contribution >= 4 is 5.97 Å². The molecule has 0 aromatic heterocycles. The molecule has 0 amide bonds. The zero-order valence-corrected chi connectivity index (χ0v) is 21.3. The smallest absolute Gasteiger partial charge is 0.343 e. The summed E-state index contributed by atoms with van der Waals surface area (Å²) in [5.41, 5.74) is 0.491. The third-order valence-corrected chi connectivity index (χ3v) is 5.70. The highest BCUT2D eigenvalue weighted by molar-refractivity contribution is 5.91. The van der Waals surface area contributed by atoms with Crippen molar-refractivity contribution in [3.05, 3.63) is 66.4 Å². The number of rotatable bonds is 17. The number of esters is 1. The lowest BCUT2D eigenvalue weighted by atomic mass is 10.1. The number of hydrogen-bond donors (Lipinski definition) is 0. The van der Waals surface area contributed by atoms with E-state index in [2.05, 4.69) is 26.8 Å². The van der Waals surface area contributed by atoms with E-state index in [4.69, 9.17) is 14.2 Å². The molecule has 1 unspecified atom stereocenters. The third kappa shape index (κ3) is 11.4. The van der Waals surface area contributed by atoms with E-state index in [1.54, 1.807) is 42.7 Å². The van der Waals surface area contributed by atoms with Crippen molar-refractivity contribution in [3.63, 3.8) is 0 Å². The van der Waals surface area contributed by atoms with Gasteiger partial charge in [0.15, 0.2) is 0 Å². The van der Waals surface area contributed by atoms with Crippen molar-refractivity contribution < 1.29 is 19.0 Å². The molecular weight excluding hydrogens is 424 g/mol. The minimum Gasteiger partial charge on any atom is -0.491 e. The minimum atomic E-state index is -0.393. The molecule has 0 bridgehead atoms. The average Bonchev–Trinajstić information content (AvgIpc) is 2.85. The SMILES string of the molecule is CCCCCCCC=COc1ccc(OC(=O)c2ccc(OC(C)CCCCCC)cc2)cc1. The molecule has 0 spiro atoms. The molecule has 0 aliphatic heterocycles. The lowest BCUT2D eigenvalue weighted by molar-refractivity contribution is 0.0734. The molecule has 0 saturated heterocycles. The number of carbonyl (C=O) groups excluding carboxylic acids is 1. The van der Waals surface area contributed by atoms with Crippen LogP contribution in [0.25, 0.3) is 0 Å². The second kappa shape index (κ2) is 16.8. The molecule has 0 fully saturated rings. The molecule has 0 saturated carbocycles. The zero-order valence-electron chi connectivity index (χ0n) is 21.3. The van der Waals surface area contributed by atoms with Gasteiger partial charge in [-0.3, -0.25) is 0 Å². The normalized spacial score (nSPS) is 12.0. The van der Waals surface area contributed by atoms with E-state index in [1.807, 2.05) is 12.1 Å². The molecule has 2 aromatic rings. The maximum atomic E-state index is 12.5. The van der Waals surface area contributed by atoms with E-state index in [1.165, 1.54) is 57.8 Å². The maximum absolute atomic E-state index is 12.5. The quantitative estimate of drug-likeness (QED) is 0.101. The Morgan fingerprint density at radius 3 is 2.03 bits per heavy atom. The van der Waals surface area contributed by atoms with E-state index >= 15 is 0 Å². The van der Waals surface area contributed by atoms with E-state index < -0.39 is 5.97 Å². The molecular formula is C30H42O4. The van der Waals surface area contributed by atoms with Gasteiger partial charge >= 0.3 is 5.97 Å². The lowest BCUT2D eigenvalue weighted by Crippen LogP contribution is -2.12. The van der Waals surface area contributed by atoms with Gasteiger partial charge in [0.2, 0.25) is 0 Å². The fourth-order valence-electron chi connectivity index (χ4n) is 3.63. The van der Waals surface area contributed by atoms with Crippen molar-refractivity contribution in [1.82, 2.24) is 0 Å². The zero-order chi connectivity index (χ0) is 24.4. The summed E-state index contributed by atoms with van der Waals surface area (Å²) in [4.78, 5) is 12.5. The average molecular weight is 467 g/mol. The number of ether oxygens (including phenoxy) is 3. The van der Waals surface area contributed by atoms with Crippen LogP contribution in [0.1, 0.15) is 102 Å². The van der Waals surface area contributed by atoms with Crippen LogP contribution in [-0.4, -0.2) is 12.1 Å². The second-order valence-corrected chi connectivity index (χ2v) is 8.86. The van der Waals surface area contributed by atoms with E-state index in [9.17, 15) is 4.79 Å². The fourth-order valence-corrected chi connectivity index (χ4v) is 3.63. The lowest BCUT2D eigenvalue weighted by Gasteiger charge is -2.14. The summed E-state index contributed by atoms with van der Waals surface area (Å²) >= 11 is 0. The topological polar surface area (TPSA) is 44.8 Å². The van der Waals surface area contributed by atoms with Crippen LogP contribution in [0.15, 0.2) is 60.9 Å². The number of unbranched alkanes of at least 4 members (excludes halogenated alkanes) is 8. The molecule has 1 atom stereocenters. The van der Waals surface area contributed by atoms with Crippen LogP contribution in [0.5, 0.6) is 17.2 Å². The van der Waals surface area contributed by atoms with Crippen LogP contribution < -0.4 is 14.2 Å². The maximum Gasteiger partial charge on any atom is 0.343 e. The van der Waals surface area contributed by atoms with Gasteiger partial charge in [0.1, 0.15) is 17.2 Å². The summed E-state index contributed by atoms with van der Waals surface area (Å²) in [6.07, 6.45) is 17.3. The van der Waals surface area contributed by atoms with Crippen LogP contribution in [0.2, 0.25) is 0 Å². The van der Waals surface area contributed by atoms with Crippen LogP contribution in [0.4, 0.5) is 0 Å². The van der Waals surface area contributed by atoms with Crippen molar-refractivity contribution in [1.29, 1.82) is 0 Å². The Hall–Kier alpha value is -2.75. The van der Waals surface area contributed by atoms with E-state index in [0.29, 0.717) is 17.1 Å². The highest BCUT2D eigenvalue weighted by atomic mass is 16.5. The number of carbonyl (C=O) groups is 1. The second-order valence-electron chi connectivity index (χ2n) is 8.86. The van der Waals surface area contributed by atoms with Crippen LogP contribution in [-0.2, 0) is 0 Å². The summed E-state index contributed by atoms with van der Waals surface area (Å²) in [6, 6.07) is 14.2. The molecule has 0 N–H and O–H groups in total. The van der Waals surface area contributed by atoms with Crippen LogP contribution in [0.3, 0.4) is 0 Å². The van der Waals surface area contributed by atoms with Gasteiger partial charge in [0.25, 0.3) is 0 Å². The molecule has 4 heteroatoms.